The number of morpholine rings is 1. The van der Waals surface area contributed by atoms with Crippen molar-refractivity contribution in [3.63, 3.8) is 0 Å². The first-order valence-corrected chi connectivity index (χ1v) is 10.9. The van der Waals surface area contributed by atoms with E-state index in [0.717, 1.165) is 39.3 Å². The molecule has 0 atom stereocenters. The predicted octanol–water partition coefficient (Wildman–Crippen LogP) is 1.07. The normalized spacial score (nSPS) is 15.6. The van der Waals surface area contributed by atoms with E-state index in [4.69, 9.17) is 4.74 Å². The Bertz CT molecular complexity index is 646. The number of carbonyl (C=O) groups excluding carboxylic acids is 1. The number of ether oxygens (including phenoxy) is 1. The molecule has 0 unspecified atom stereocenters. The van der Waals surface area contributed by atoms with Gasteiger partial charge in [-0.05, 0) is 31.5 Å². The number of rotatable bonds is 10. The number of anilines is 1. The van der Waals surface area contributed by atoms with Crippen molar-refractivity contribution in [2.75, 3.05) is 56.5 Å². The molecule has 7 nitrogen and oxygen atoms in total. The number of hydrogen-bond acceptors (Lipinski definition) is 5. The zero-order valence-electron chi connectivity index (χ0n) is 15.4. The molecule has 1 aliphatic heterocycles. The summed E-state index contributed by atoms with van der Waals surface area (Å²) in [4.78, 5) is 14.3. The minimum Gasteiger partial charge on any atom is -0.379 e. The van der Waals surface area contributed by atoms with Crippen molar-refractivity contribution < 1.29 is 17.9 Å². The van der Waals surface area contributed by atoms with Gasteiger partial charge >= 0.3 is 0 Å². The highest BCUT2D eigenvalue weighted by Crippen LogP contribution is 2.17. The Kier molecular flexibility index (Phi) is 8.34. The van der Waals surface area contributed by atoms with E-state index >= 15 is 0 Å². The van der Waals surface area contributed by atoms with Crippen molar-refractivity contribution >= 4 is 21.6 Å². The number of nitrogens with zero attached hydrogens (tertiary/aromatic N) is 2. The van der Waals surface area contributed by atoms with Crippen molar-refractivity contribution in [2.45, 2.75) is 19.3 Å². The van der Waals surface area contributed by atoms with E-state index in [1.807, 2.05) is 6.07 Å². The van der Waals surface area contributed by atoms with E-state index in [1.165, 1.54) is 10.6 Å². The van der Waals surface area contributed by atoms with E-state index in [9.17, 15) is 13.2 Å². The second kappa shape index (κ2) is 10.5. The first kappa shape index (κ1) is 20.7. The fraction of sp³-hybridized carbons (Fsp3) is 0.611. The van der Waals surface area contributed by atoms with Crippen LogP contribution in [0, 0.1) is 0 Å². The van der Waals surface area contributed by atoms with E-state index in [0.29, 0.717) is 31.6 Å². The number of hydrogen-bond donors (Lipinski definition) is 1. The summed E-state index contributed by atoms with van der Waals surface area (Å²) in [6.07, 6.45) is 2.89. The lowest BCUT2D eigenvalue weighted by atomic mass is 10.2. The van der Waals surface area contributed by atoms with Crippen LogP contribution in [-0.2, 0) is 19.6 Å². The van der Waals surface area contributed by atoms with Gasteiger partial charge in [0.25, 0.3) is 0 Å². The van der Waals surface area contributed by atoms with Gasteiger partial charge in [-0.2, -0.15) is 0 Å². The van der Waals surface area contributed by atoms with E-state index < -0.39 is 10.0 Å². The number of para-hydroxylation sites is 1. The van der Waals surface area contributed by atoms with Gasteiger partial charge in [0.15, 0.2) is 0 Å². The summed E-state index contributed by atoms with van der Waals surface area (Å²) in [6.45, 7) is 5.37. The molecule has 0 saturated carbocycles. The molecular weight excluding hydrogens is 354 g/mol. The average Bonchev–Trinajstić information content (AvgIpc) is 2.63. The molecular formula is C18H29N3O4S. The summed E-state index contributed by atoms with van der Waals surface area (Å²) in [5, 5.41) is 2.91. The summed E-state index contributed by atoms with van der Waals surface area (Å²) in [7, 11) is -3.36. The molecule has 0 aromatic heterocycles. The zero-order valence-corrected chi connectivity index (χ0v) is 16.2. The smallest absolute Gasteiger partial charge is 0.232 e. The van der Waals surface area contributed by atoms with E-state index in [1.54, 1.807) is 24.3 Å². The van der Waals surface area contributed by atoms with Crippen LogP contribution in [0.3, 0.4) is 0 Å². The minimum atomic E-state index is -3.36. The Morgan fingerprint density at radius 3 is 2.54 bits per heavy atom. The summed E-state index contributed by atoms with van der Waals surface area (Å²) in [5.74, 6) is -0.0338. The van der Waals surface area contributed by atoms with Gasteiger partial charge in [0.1, 0.15) is 0 Å². The quantitative estimate of drug-likeness (QED) is 0.612. The first-order chi connectivity index (χ1) is 12.5. The molecule has 26 heavy (non-hydrogen) atoms. The van der Waals surface area contributed by atoms with Gasteiger partial charge < -0.3 is 10.1 Å². The van der Waals surface area contributed by atoms with Crippen LogP contribution in [0.4, 0.5) is 5.69 Å². The molecule has 146 valence electrons. The van der Waals surface area contributed by atoms with Crippen LogP contribution in [0.1, 0.15) is 19.3 Å². The molecule has 1 aromatic rings. The zero-order chi connectivity index (χ0) is 18.8. The Hall–Kier alpha value is -1.64. The third-order valence-electron chi connectivity index (χ3n) is 4.29. The molecule has 1 saturated heterocycles. The average molecular weight is 384 g/mol. The monoisotopic (exact) mass is 383 g/mol. The molecule has 1 N–H and O–H groups in total. The van der Waals surface area contributed by atoms with Crippen LogP contribution >= 0.6 is 0 Å². The number of carbonyl (C=O) groups is 1. The second-order valence-corrected chi connectivity index (χ2v) is 8.34. The summed E-state index contributed by atoms with van der Waals surface area (Å²) in [6, 6.07) is 8.96. The fourth-order valence-electron chi connectivity index (χ4n) is 2.91. The molecule has 1 amide bonds. The minimum absolute atomic E-state index is 0.0338. The molecule has 1 aliphatic rings. The molecule has 2 rings (SSSR count). The van der Waals surface area contributed by atoms with Crippen molar-refractivity contribution in [1.29, 1.82) is 0 Å². The molecule has 1 aromatic carbocycles. The molecule has 0 spiro atoms. The Balaban J connectivity index is 1.66. The van der Waals surface area contributed by atoms with Crippen molar-refractivity contribution in [3.05, 3.63) is 30.3 Å². The van der Waals surface area contributed by atoms with Crippen molar-refractivity contribution in [3.8, 4) is 0 Å². The molecule has 0 aliphatic carbocycles. The Morgan fingerprint density at radius 2 is 1.88 bits per heavy atom. The molecule has 8 heteroatoms. The number of benzene rings is 1. The van der Waals surface area contributed by atoms with Gasteiger partial charge in [-0.3, -0.25) is 14.0 Å². The first-order valence-electron chi connectivity index (χ1n) is 9.06. The molecule has 0 bridgehead atoms. The number of amides is 1. The number of sulfonamides is 1. The van der Waals surface area contributed by atoms with Crippen molar-refractivity contribution in [1.82, 2.24) is 10.2 Å². The van der Waals surface area contributed by atoms with Gasteiger partial charge in [-0.25, -0.2) is 8.42 Å². The van der Waals surface area contributed by atoms with Crippen molar-refractivity contribution in [2.24, 2.45) is 0 Å². The lowest BCUT2D eigenvalue weighted by molar-refractivity contribution is -0.121. The van der Waals surface area contributed by atoms with E-state index in [2.05, 4.69) is 10.2 Å². The van der Waals surface area contributed by atoms with Crippen LogP contribution < -0.4 is 9.62 Å². The largest absolute Gasteiger partial charge is 0.379 e. The topological polar surface area (TPSA) is 79.0 Å². The lowest BCUT2D eigenvalue weighted by Gasteiger charge is -2.26. The van der Waals surface area contributed by atoms with Crippen LogP contribution in [0.25, 0.3) is 0 Å². The summed E-state index contributed by atoms with van der Waals surface area (Å²) >= 11 is 0. The Morgan fingerprint density at radius 1 is 1.19 bits per heavy atom. The molecule has 1 fully saturated rings. The van der Waals surface area contributed by atoms with Crippen LogP contribution in [0.15, 0.2) is 30.3 Å². The maximum atomic E-state index is 12.0. The van der Waals surface area contributed by atoms with Gasteiger partial charge in [0.2, 0.25) is 15.9 Å². The molecule has 0 radical (unpaired) electrons. The Labute approximate surface area is 156 Å². The van der Waals surface area contributed by atoms with Gasteiger partial charge in [-0.15, -0.1) is 0 Å². The highest BCUT2D eigenvalue weighted by molar-refractivity contribution is 7.92. The van der Waals surface area contributed by atoms with Crippen LogP contribution in [-0.4, -0.2) is 71.4 Å². The SMILES string of the molecule is CS(=O)(=O)N(CCCC(=O)NCCCN1CCOCC1)c1ccccc1. The summed E-state index contributed by atoms with van der Waals surface area (Å²) in [5.41, 5.74) is 0.626. The third kappa shape index (κ3) is 7.31. The van der Waals surface area contributed by atoms with Crippen LogP contribution in [0.2, 0.25) is 0 Å². The maximum absolute atomic E-state index is 12.0. The van der Waals surface area contributed by atoms with Crippen LogP contribution in [0.5, 0.6) is 0 Å². The highest BCUT2D eigenvalue weighted by Gasteiger charge is 2.17. The third-order valence-corrected chi connectivity index (χ3v) is 5.48. The number of nitrogens with one attached hydrogen (secondary N) is 1. The standard InChI is InChI=1S/C18H29N3O4S/c1-26(23,24)21(17-7-3-2-4-8-17)12-5-9-18(22)19-10-6-11-20-13-15-25-16-14-20/h2-4,7-8H,5-6,9-16H2,1H3,(H,19,22). The van der Waals surface area contributed by atoms with Gasteiger partial charge in [0.05, 0.1) is 25.2 Å². The predicted molar refractivity (Wildman–Crippen MR) is 103 cm³/mol. The maximum Gasteiger partial charge on any atom is 0.232 e. The highest BCUT2D eigenvalue weighted by atomic mass is 32.2. The fourth-order valence-corrected chi connectivity index (χ4v) is 3.87. The van der Waals surface area contributed by atoms with Gasteiger partial charge in [0, 0.05) is 32.6 Å². The van der Waals surface area contributed by atoms with E-state index in [-0.39, 0.29) is 5.91 Å². The summed E-state index contributed by atoms with van der Waals surface area (Å²) < 4.78 is 30.6. The van der Waals surface area contributed by atoms with Gasteiger partial charge in [-0.1, -0.05) is 18.2 Å². The molecule has 1 heterocycles. The lowest BCUT2D eigenvalue weighted by Crippen LogP contribution is -2.38. The second-order valence-electron chi connectivity index (χ2n) is 6.43.